The van der Waals surface area contributed by atoms with Crippen LogP contribution >= 0.6 is 15.9 Å². The number of hydrogen-bond acceptors (Lipinski definition) is 5. The van der Waals surface area contributed by atoms with E-state index in [0.29, 0.717) is 5.75 Å². The molecule has 0 aliphatic heterocycles. The van der Waals surface area contributed by atoms with Gasteiger partial charge in [-0.1, -0.05) is 32.9 Å². The van der Waals surface area contributed by atoms with Crippen LogP contribution in [-0.2, 0) is 0 Å². The van der Waals surface area contributed by atoms with Crippen molar-refractivity contribution in [1.82, 2.24) is 9.38 Å². The minimum Gasteiger partial charge on any atom is -0.493 e. The number of halogens is 2. The van der Waals surface area contributed by atoms with Crippen LogP contribution in [0.3, 0.4) is 0 Å². The summed E-state index contributed by atoms with van der Waals surface area (Å²) in [5, 5.41) is 3.72. The second-order valence-corrected chi connectivity index (χ2v) is 11.8. The predicted molar refractivity (Wildman–Crippen MR) is 148 cm³/mol. The normalized spacial score (nSPS) is 12.0. The Hall–Kier alpha value is -3.39. The number of carbonyl (C=O) groups is 1. The molecule has 6 nitrogen and oxygen atoms in total. The maximum atomic E-state index is 14.1. The van der Waals surface area contributed by atoms with Crippen LogP contribution in [0.4, 0.5) is 10.2 Å². The molecule has 37 heavy (non-hydrogen) atoms. The molecule has 0 atom stereocenters. The Morgan fingerprint density at radius 3 is 2.46 bits per heavy atom. The van der Waals surface area contributed by atoms with Crippen LogP contribution in [0.2, 0.25) is 0 Å². The second kappa shape index (κ2) is 10.2. The number of esters is 1. The first-order valence-electron chi connectivity index (χ1n) is 12.0. The summed E-state index contributed by atoms with van der Waals surface area (Å²) in [6, 6.07) is 14.8. The highest BCUT2D eigenvalue weighted by molar-refractivity contribution is 9.10. The highest BCUT2D eigenvalue weighted by Gasteiger charge is 2.28. The van der Waals surface area contributed by atoms with Gasteiger partial charge in [-0.15, -0.1) is 0 Å². The lowest BCUT2D eigenvalue weighted by atomic mass is 9.82. The van der Waals surface area contributed by atoms with Gasteiger partial charge in [0.1, 0.15) is 23.0 Å². The summed E-state index contributed by atoms with van der Waals surface area (Å²) in [6.45, 7) is 11.0. The maximum absolute atomic E-state index is 14.1. The molecular formula is C29H31BrFN3O3. The molecule has 1 N–H and O–H groups in total. The fourth-order valence-electron chi connectivity index (χ4n) is 4.71. The highest BCUT2D eigenvalue weighted by Crippen LogP contribution is 2.38. The van der Waals surface area contributed by atoms with Crippen molar-refractivity contribution in [2.24, 2.45) is 5.41 Å². The number of ether oxygens (including phenoxy) is 2. The van der Waals surface area contributed by atoms with Crippen molar-refractivity contribution in [2.75, 3.05) is 12.4 Å². The number of methoxy groups -OCH3 is 1. The molecule has 0 saturated carbocycles. The molecule has 0 bridgehead atoms. The van der Waals surface area contributed by atoms with Gasteiger partial charge in [0, 0.05) is 21.8 Å². The van der Waals surface area contributed by atoms with Crippen LogP contribution in [0.1, 0.15) is 51.4 Å². The van der Waals surface area contributed by atoms with Crippen molar-refractivity contribution in [1.29, 1.82) is 0 Å². The Morgan fingerprint density at radius 2 is 1.78 bits per heavy atom. The maximum Gasteiger partial charge on any atom is 0.346 e. The SMILES string of the molecule is COc1cc(-c2nc3ccc(Br)cn3c2NC(C)(C)CC(C)(C)C)ccc1OC(=O)c1ccccc1F. The lowest BCUT2D eigenvalue weighted by Crippen LogP contribution is -2.36. The van der Waals surface area contributed by atoms with Crippen LogP contribution in [0.5, 0.6) is 11.5 Å². The lowest BCUT2D eigenvalue weighted by Gasteiger charge is -2.34. The van der Waals surface area contributed by atoms with Crippen molar-refractivity contribution in [3.63, 3.8) is 0 Å². The molecule has 4 rings (SSSR count). The number of aromatic nitrogens is 2. The molecule has 0 radical (unpaired) electrons. The first kappa shape index (κ1) is 26.7. The number of rotatable bonds is 7. The van der Waals surface area contributed by atoms with Crippen LogP contribution < -0.4 is 14.8 Å². The summed E-state index contributed by atoms with van der Waals surface area (Å²) in [5.74, 6) is -0.0850. The fraction of sp³-hybridized carbons (Fsp3) is 0.310. The first-order chi connectivity index (χ1) is 17.4. The van der Waals surface area contributed by atoms with Crippen molar-refractivity contribution >= 4 is 33.4 Å². The third-order valence-electron chi connectivity index (χ3n) is 5.74. The minimum atomic E-state index is -0.798. The van der Waals surface area contributed by atoms with Gasteiger partial charge >= 0.3 is 5.97 Å². The molecular weight excluding hydrogens is 537 g/mol. The van der Waals surface area contributed by atoms with Crippen LogP contribution in [0, 0.1) is 11.2 Å². The van der Waals surface area contributed by atoms with Gasteiger partial charge in [-0.3, -0.25) is 4.40 Å². The molecule has 2 aromatic heterocycles. The lowest BCUT2D eigenvalue weighted by molar-refractivity contribution is 0.0725. The zero-order valence-corrected chi connectivity index (χ0v) is 23.4. The summed E-state index contributed by atoms with van der Waals surface area (Å²) in [4.78, 5) is 17.5. The smallest absolute Gasteiger partial charge is 0.346 e. The van der Waals surface area contributed by atoms with E-state index in [-0.39, 0.29) is 22.3 Å². The van der Waals surface area contributed by atoms with Crippen molar-refractivity contribution in [2.45, 2.75) is 46.6 Å². The number of fused-ring (bicyclic) bond motifs is 1. The molecule has 2 heterocycles. The predicted octanol–water partition coefficient (Wildman–Crippen LogP) is 7.76. The van der Waals surface area contributed by atoms with Crippen LogP contribution in [0.25, 0.3) is 16.9 Å². The van der Waals surface area contributed by atoms with Gasteiger partial charge in [0.25, 0.3) is 0 Å². The van der Waals surface area contributed by atoms with E-state index in [0.717, 1.165) is 33.6 Å². The van der Waals surface area contributed by atoms with Gasteiger partial charge in [-0.05, 0) is 84.1 Å². The van der Waals surface area contributed by atoms with E-state index in [1.807, 2.05) is 28.8 Å². The molecule has 0 aliphatic rings. The zero-order chi connectivity index (χ0) is 27.0. The third kappa shape index (κ3) is 6.13. The quantitative estimate of drug-likeness (QED) is 0.182. The largest absolute Gasteiger partial charge is 0.493 e. The highest BCUT2D eigenvalue weighted by atomic mass is 79.9. The number of carbonyl (C=O) groups excluding carboxylic acids is 1. The van der Waals surface area contributed by atoms with Crippen LogP contribution in [0.15, 0.2) is 65.3 Å². The van der Waals surface area contributed by atoms with Gasteiger partial charge in [0.05, 0.1) is 12.7 Å². The van der Waals surface area contributed by atoms with Crippen molar-refractivity contribution in [3.05, 3.63) is 76.6 Å². The van der Waals surface area contributed by atoms with Gasteiger partial charge in [0.15, 0.2) is 11.5 Å². The van der Waals surface area contributed by atoms with Crippen LogP contribution in [-0.4, -0.2) is 28.0 Å². The first-order valence-corrected chi connectivity index (χ1v) is 12.8. The molecule has 0 fully saturated rings. The van der Waals surface area contributed by atoms with Crippen molar-refractivity contribution < 1.29 is 18.7 Å². The Labute approximate surface area is 225 Å². The van der Waals surface area contributed by atoms with E-state index < -0.39 is 11.8 Å². The number of nitrogens with one attached hydrogen (secondary N) is 1. The summed E-state index contributed by atoms with van der Waals surface area (Å²) in [5.41, 5.74) is 2.02. The van der Waals surface area contributed by atoms with Gasteiger partial charge < -0.3 is 14.8 Å². The molecule has 2 aromatic carbocycles. The Bertz CT molecular complexity index is 1460. The summed E-state index contributed by atoms with van der Waals surface area (Å²) in [7, 11) is 1.49. The van der Waals surface area contributed by atoms with Gasteiger partial charge in [-0.2, -0.15) is 0 Å². The minimum absolute atomic E-state index is 0.116. The number of benzene rings is 2. The molecule has 0 amide bonds. The van der Waals surface area contributed by atoms with Crippen molar-refractivity contribution in [3.8, 4) is 22.8 Å². The monoisotopic (exact) mass is 567 g/mol. The topological polar surface area (TPSA) is 64.9 Å². The Kier molecular flexibility index (Phi) is 7.33. The van der Waals surface area contributed by atoms with E-state index in [1.165, 1.54) is 25.3 Å². The fourth-order valence-corrected chi connectivity index (χ4v) is 5.05. The third-order valence-corrected chi connectivity index (χ3v) is 6.21. The van der Waals surface area contributed by atoms with Gasteiger partial charge in [-0.25, -0.2) is 14.2 Å². The molecule has 0 spiro atoms. The molecule has 0 unspecified atom stereocenters. The molecule has 0 saturated heterocycles. The number of hydrogen-bond donors (Lipinski definition) is 1. The van der Waals surface area contributed by atoms with E-state index in [9.17, 15) is 9.18 Å². The standard InChI is InChI=1S/C29H31BrFN3O3/c1-28(2,3)17-29(4,5)33-26-25(32-24-14-12-19(30)16-34(24)26)18-11-13-22(23(15-18)36-6)37-27(35)20-9-7-8-10-21(20)31/h7-16,33H,17H2,1-6H3. The molecule has 4 aromatic rings. The summed E-state index contributed by atoms with van der Waals surface area (Å²) < 4.78 is 28.0. The number of pyridine rings is 1. The molecule has 194 valence electrons. The Morgan fingerprint density at radius 1 is 1.05 bits per heavy atom. The number of nitrogens with zero attached hydrogens (tertiary/aromatic N) is 2. The van der Waals surface area contributed by atoms with E-state index in [4.69, 9.17) is 14.5 Å². The average molecular weight is 568 g/mol. The second-order valence-electron chi connectivity index (χ2n) is 10.9. The average Bonchev–Trinajstić information content (AvgIpc) is 3.14. The summed E-state index contributed by atoms with van der Waals surface area (Å²) in [6.07, 6.45) is 2.90. The zero-order valence-electron chi connectivity index (χ0n) is 21.9. The van der Waals surface area contributed by atoms with E-state index in [1.54, 1.807) is 18.2 Å². The molecule has 0 aliphatic carbocycles. The van der Waals surface area contributed by atoms with E-state index in [2.05, 4.69) is 55.9 Å². The Balaban J connectivity index is 1.75. The molecule has 8 heteroatoms. The summed E-state index contributed by atoms with van der Waals surface area (Å²) >= 11 is 3.57. The number of imidazole rings is 1. The number of anilines is 1. The van der Waals surface area contributed by atoms with Gasteiger partial charge in [0.2, 0.25) is 0 Å². The van der Waals surface area contributed by atoms with E-state index >= 15 is 0 Å².